The first-order valence-electron chi connectivity index (χ1n) is 4.12. The van der Waals surface area contributed by atoms with E-state index in [0.29, 0.717) is 6.04 Å². The van der Waals surface area contributed by atoms with Gasteiger partial charge in [0.05, 0.1) is 6.04 Å². The summed E-state index contributed by atoms with van der Waals surface area (Å²) in [6.45, 7) is 7.79. The Labute approximate surface area is 69.5 Å². The molecule has 1 atom stereocenters. The van der Waals surface area contributed by atoms with Crippen LogP contribution in [0.5, 0.6) is 0 Å². The summed E-state index contributed by atoms with van der Waals surface area (Å²) in [6, 6.07) is 0.291. The molecule has 62 valence electrons. The first kappa shape index (κ1) is 10.2. The highest BCUT2D eigenvalue weighted by Crippen LogP contribution is 1.94. The van der Waals surface area contributed by atoms with Gasteiger partial charge in [0.1, 0.15) is 0 Å². The molecule has 0 saturated carbocycles. The quantitative estimate of drug-likeness (QED) is 0.423. The molecule has 0 N–H and O–H groups in total. The maximum Gasteiger partial charge on any atom is 0.0651 e. The van der Waals surface area contributed by atoms with Crippen LogP contribution in [-0.2, 0) is 0 Å². The van der Waals surface area contributed by atoms with E-state index in [0.717, 1.165) is 6.42 Å². The van der Waals surface area contributed by atoms with E-state index in [4.69, 9.17) is 0 Å². The van der Waals surface area contributed by atoms with Crippen molar-refractivity contribution in [3.63, 3.8) is 0 Å². The van der Waals surface area contributed by atoms with E-state index in [-0.39, 0.29) is 0 Å². The lowest BCUT2D eigenvalue weighted by Crippen LogP contribution is -1.90. The summed E-state index contributed by atoms with van der Waals surface area (Å²) in [5.74, 6) is 0. The van der Waals surface area contributed by atoms with Crippen molar-refractivity contribution in [2.45, 2.75) is 32.7 Å². The summed E-state index contributed by atoms with van der Waals surface area (Å²) >= 11 is 0. The summed E-state index contributed by atoms with van der Waals surface area (Å²) < 4.78 is 0. The van der Waals surface area contributed by atoms with Crippen LogP contribution in [0, 0.1) is 0 Å². The molecule has 1 nitrogen and oxygen atoms in total. The van der Waals surface area contributed by atoms with Crippen molar-refractivity contribution in [2.75, 3.05) is 0 Å². The topological polar surface area (TPSA) is 12.4 Å². The maximum absolute atomic E-state index is 4.18. The highest BCUT2D eigenvalue weighted by atomic mass is 14.7. The summed E-state index contributed by atoms with van der Waals surface area (Å²) in [4.78, 5) is 4.18. The predicted octanol–water partition coefficient (Wildman–Crippen LogP) is 2.99. The zero-order chi connectivity index (χ0) is 8.53. The number of rotatable bonds is 5. The van der Waals surface area contributed by atoms with Gasteiger partial charge in [0.2, 0.25) is 0 Å². The van der Waals surface area contributed by atoms with Gasteiger partial charge in [-0.05, 0) is 13.3 Å². The van der Waals surface area contributed by atoms with Crippen molar-refractivity contribution in [1.29, 1.82) is 0 Å². The number of nitrogens with zero attached hydrogens (tertiary/aromatic N) is 1. The third-order valence-electron chi connectivity index (χ3n) is 1.30. The van der Waals surface area contributed by atoms with Crippen molar-refractivity contribution in [3.05, 3.63) is 24.8 Å². The van der Waals surface area contributed by atoms with E-state index in [9.17, 15) is 0 Å². The number of allylic oxidation sites excluding steroid dienone is 2. The molecule has 0 aromatic rings. The van der Waals surface area contributed by atoms with Crippen LogP contribution in [0.15, 0.2) is 29.8 Å². The Kier molecular flexibility index (Phi) is 6.70. The largest absolute Gasteiger partial charge is 0.286 e. The molecule has 0 aliphatic carbocycles. The van der Waals surface area contributed by atoms with Gasteiger partial charge in [-0.2, -0.15) is 0 Å². The lowest BCUT2D eigenvalue weighted by Gasteiger charge is -1.95. The minimum absolute atomic E-state index is 0.291. The number of aliphatic imine (C=N–C) groups is 1. The Bertz CT molecular complexity index is 145. The SMILES string of the molecule is C=CC=N[C@@H](C)/C=C\CCC. The normalized spacial score (nSPS) is 14.4. The van der Waals surface area contributed by atoms with Crippen LogP contribution >= 0.6 is 0 Å². The standard InChI is InChI=1S/C10H17N/c1-4-6-7-8-10(3)11-9-5-2/h5,7-10H,2,4,6H2,1,3H3/b8-7-,11-9?/t10-/m0/s1. The van der Waals surface area contributed by atoms with E-state index in [2.05, 4.69) is 37.6 Å². The molecule has 11 heavy (non-hydrogen) atoms. The van der Waals surface area contributed by atoms with E-state index in [1.807, 2.05) is 0 Å². The van der Waals surface area contributed by atoms with Crippen molar-refractivity contribution >= 4 is 6.21 Å². The van der Waals surface area contributed by atoms with Crippen molar-refractivity contribution < 1.29 is 0 Å². The zero-order valence-corrected chi connectivity index (χ0v) is 7.46. The molecule has 0 fully saturated rings. The fourth-order valence-electron chi connectivity index (χ4n) is 0.706. The zero-order valence-electron chi connectivity index (χ0n) is 7.46. The first-order valence-corrected chi connectivity index (χ1v) is 4.12. The molecule has 0 heterocycles. The van der Waals surface area contributed by atoms with Gasteiger partial charge in [0.25, 0.3) is 0 Å². The van der Waals surface area contributed by atoms with Gasteiger partial charge in [-0.15, -0.1) is 0 Å². The lowest BCUT2D eigenvalue weighted by molar-refractivity contribution is 0.902. The molecule has 0 bridgehead atoms. The second-order valence-electron chi connectivity index (χ2n) is 2.49. The molecule has 0 radical (unpaired) electrons. The van der Waals surface area contributed by atoms with Crippen LogP contribution < -0.4 is 0 Å². The minimum Gasteiger partial charge on any atom is -0.286 e. The summed E-state index contributed by atoms with van der Waals surface area (Å²) in [6.07, 6.45) is 10.1. The Balaban J connectivity index is 3.58. The number of hydrogen-bond donors (Lipinski definition) is 0. The highest BCUT2D eigenvalue weighted by Gasteiger charge is 1.86. The molecule has 0 aliphatic heterocycles. The van der Waals surface area contributed by atoms with Gasteiger partial charge in [0, 0.05) is 6.21 Å². The second-order valence-corrected chi connectivity index (χ2v) is 2.49. The van der Waals surface area contributed by atoms with E-state index in [1.165, 1.54) is 6.42 Å². The van der Waals surface area contributed by atoms with Gasteiger partial charge in [-0.25, -0.2) is 0 Å². The molecule has 0 aromatic heterocycles. The Morgan fingerprint density at radius 3 is 2.82 bits per heavy atom. The molecule has 0 aliphatic rings. The summed E-state index contributed by atoms with van der Waals surface area (Å²) in [5, 5.41) is 0. The van der Waals surface area contributed by atoms with Gasteiger partial charge < -0.3 is 0 Å². The Morgan fingerprint density at radius 2 is 2.27 bits per heavy atom. The van der Waals surface area contributed by atoms with Crippen molar-refractivity contribution in [3.8, 4) is 0 Å². The average molecular weight is 151 g/mol. The first-order chi connectivity index (χ1) is 5.31. The number of unbranched alkanes of at least 4 members (excludes halogenated alkanes) is 1. The Hall–Kier alpha value is -0.850. The van der Waals surface area contributed by atoms with Crippen LogP contribution in [0.1, 0.15) is 26.7 Å². The third kappa shape index (κ3) is 7.04. The smallest absolute Gasteiger partial charge is 0.0651 e. The average Bonchev–Trinajstić information content (AvgIpc) is 2.01. The van der Waals surface area contributed by atoms with Gasteiger partial charge in [-0.1, -0.05) is 38.2 Å². The van der Waals surface area contributed by atoms with Crippen LogP contribution in [0.3, 0.4) is 0 Å². The van der Waals surface area contributed by atoms with Crippen LogP contribution in [0.2, 0.25) is 0 Å². The van der Waals surface area contributed by atoms with Crippen LogP contribution in [0.25, 0.3) is 0 Å². The van der Waals surface area contributed by atoms with E-state index >= 15 is 0 Å². The highest BCUT2D eigenvalue weighted by molar-refractivity contribution is 5.70. The van der Waals surface area contributed by atoms with E-state index in [1.54, 1.807) is 12.3 Å². The molecule has 0 amide bonds. The van der Waals surface area contributed by atoms with Gasteiger partial charge in [-0.3, -0.25) is 4.99 Å². The fourth-order valence-corrected chi connectivity index (χ4v) is 0.706. The van der Waals surface area contributed by atoms with Crippen LogP contribution in [0.4, 0.5) is 0 Å². The Morgan fingerprint density at radius 1 is 1.55 bits per heavy atom. The predicted molar refractivity (Wildman–Crippen MR) is 52.2 cm³/mol. The second kappa shape index (κ2) is 7.26. The maximum atomic E-state index is 4.18. The molecule has 0 unspecified atom stereocenters. The van der Waals surface area contributed by atoms with Crippen LogP contribution in [-0.4, -0.2) is 12.3 Å². The minimum atomic E-state index is 0.291. The third-order valence-corrected chi connectivity index (χ3v) is 1.30. The van der Waals surface area contributed by atoms with Gasteiger partial charge >= 0.3 is 0 Å². The number of hydrogen-bond acceptors (Lipinski definition) is 1. The molecular weight excluding hydrogens is 134 g/mol. The molecule has 0 rings (SSSR count). The van der Waals surface area contributed by atoms with Gasteiger partial charge in [0.15, 0.2) is 0 Å². The van der Waals surface area contributed by atoms with Crippen molar-refractivity contribution in [2.24, 2.45) is 4.99 Å². The molecule has 1 heteroatoms. The van der Waals surface area contributed by atoms with E-state index < -0.39 is 0 Å². The van der Waals surface area contributed by atoms with Crippen molar-refractivity contribution in [1.82, 2.24) is 0 Å². The fraction of sp³-hybridized carbons (Fsp3) is 0.500. The summed E-state index contributed by atoms with van der Waals surface area (Å²) in [7, 11) is 0. The molecule has 0 aromatic carbocycles. The molecular formula is C10H17N. The lowest BCUT2D eigenvalue weighted by atomic mass is 10.2. The summed E-state index contributed by atoms with van der Waals surface area (Å²) in [5.41, 5.74) is 0. The monoisotopic (exact) mass is 151 g/mol. The molecule has 0 spiro atoms. The molecule has 0 saturated heterocycles.